The second-order valence-electron chi connectivity index (χ2n) is 7.49. The number of benzene rings is 3. The topological polar surface area (TPSA) is 75.7 Å². The number of hydrogen-bond donors (Lipinski definition) is 1. The van der Waals surface area contributed by atoms with E-state index in [4.69, 9.17) is 16.3 Å². The Morgan fingerprint density at radius 3 is 2.31 bits per heavy atom. The summed E-state index contributed by atoms with van der Waals surface area (Å²) in [6, 6.07) is 19.3. The van der Waals surface area contributed by atoms with E-state index in [0.29, 0.717) is 27.7 Å². The Bertz CT molecular complexity index is 1210. The van der Waals surface area contributed by atoms with E-state index in [1.165, 1.54) is 4.31 Å². The van der Waals surface area contributed by atoms with Gasteiger partial charge in [-0.3, -0.25) is 9.10 Å². The largest absolute Gasteiger partial charge is 0.484 e. The summed E-state index contributed by atoms with van der Waals surface area (Å²) in [7, 11) is -3.54. The van der Waals surface area contributed by atoms with Crippen LogP contribution in [-0.4, -0.2) is 27.2 Å². The van der Waals surface area contributed by atoms with E-state index in [1.54, 1.807) is 42.5 Å². The molecule has 3 rings (SSSR count). The van der Waals surface area contributed by atoms with Gasteiger partial charge in [0.15, 0.2) is 6.61 Å². The SMILES string of the molecule is Cc1ccc(NC(=O)COc2ccc(N(Cc3ccccc3Cl)S(C)(=O)=O)cc2)cc1C. The summed E-state index contributed by atoms with van der Waals surface area (Å²) in [6.07, 6.45) is 1.14. The van der Waals surface area contributed by atoms with Crippen molar-refractivity contribution >= 4 is 38.9 Å². The fourth-order valence-electron chi connectivity index (χ4n) is 3.06. The molecule has 0 spiro atoms. The third kappa shape index (κ3) is 6.24. The zero-order valence-corrected chi connectivity index (χ0v) is 19.7. The van der Waals surface area contributed by atoms with Crippen molar-refractivity contribution in [2.45, 2.75) is 20.4 Å². The third-order valence-electron chi connectivity index (χ3n) is 4.96. The molecule has 0 atom stereocenters. The molecule has 1 amide bonds. The van der Waals surface area contributed by atoms with Crippen molar-refractivity contribution in [3.63, 3.8) is 0 Å². The first-order valence-corrected chi connectivity index (χ1v) is 12.2. The van der Waals surface area contributed by atoms with E-state index in [2.05, 4.69) is 5.32 Å². The van der Waals surface area contributed by atoms with E-state index < -0.39 is 10.0 Å². The van der Waals surface area contributed by atoms with Crippen molar-refractivity contribution < 1.29 is 17.9 Å². The van der Waals surface area contributed by atoms with Crippen LogP contribution in [0.1, 0.15) is 16.7 Å². The number of aryl methyl sites for hydroxylation is 2. The number of nitrogens with zero attached hydrogens (tertiary/aromatic N) is 1. The molecule has 3 aromatic rings. The van der Waals surface area contributed by atoms with Gasteiger partial charge in [-0.05, 0) is 73.0 Å². The van der Waals surface area contributed by atoms with Crippen molar-refractivity contribution in [2.24, 2.45) is 0 Å². The molecule has 0 saturated heterocycles. The Labute approximate surface area is 193 Å². The minimum atomic E-state index is -3.54. The summed E-state index contributed by atoms with van der Waals surface area (Å²) in [5.41, 5.74) is 4.12. The molecular weight excluding hydrogens is 448 g/mol. The van der Waals surface area contributed by atoms with Crippen molar-refractivity contribution in [3.05, 3.63) is 88.4 Å². The summed E-state index contributed by atoms with van der Waals surface area (Å²) >= 11 is 6.20. The monoisotopic (exact) mass is 472 g/mol. The number of hydrogen-bond acceptors (Lipinski definition) is 4. The summed E-state index contributed by atoms with van der Waals surface area (Å²) in [5.74, 6) is 0.170. The first kappa shape index (κ1) is 23.6. The van der Waals surface area contributed by atoms with Gasteiger partial charge in [0.25, 0.3) is 5.91 Å². The maximum atomic E-state index is 12.4. The molecule has 0 radical (unpaired) electrons. The fourth-order valence-corrected chi connectivity index (χ4v) is 4.13. The Morgan fingerprint density at radius 2 is 1.69 bits per heavy atom. The van der Waals surface area contributed by atoms with Gasteiger partial charge >= 0.3 is 0 Å². The maximum absolute atomic E-state index is 12.4. The molecule has 0 unspecified atom stereocenters. The van der Waals surface area contributed by atoms with Crippen molar-refractivity contribution in [1.82, 2.24) is 0 Å². The third-order valence-corrected chi connectivity index (χ3v) is 6.47. The molecule has 168 valence electrons. The summed E-state index contributed by atoms with van der Waals surface area (Å²) in [4.78, 5) is 12.2. The normalized spacial score (nSPS) is 11.1. The second kappa shape index (κ2) is 10.1. The van der Waals surface area contributed by atoms with Crippen LogP contribution >= 0.6 is 11.6 Å². The van der Waals surface area contributed by atoms with Crippen LogP contribution in [0.5, 0.6) is 5.75 Å². The van der Waals surface area contributed by atoms with Gasteiger partial charge in [-0.15, -0.1) is 0 Å². The lowest BCUT2D eigenvalue weighted by Crippen LogP contribution is -2.29. The number of rotatable bonds is 8. The number of ether oxygens (including phenoxy) is 1. The van der Waals surface area contributed by atoms with E-state index in [1.807, 2.05) is 38.1 Å². The van der Waals surface area contributed by atoms with Crippen molar-refractivity contribution in [2.75, 3.05) is 22.5 Å². The van der Waals surface area contributed by atoms with Crippen LogP contribution in [0.2, 0.25) is 5.02 Å². The van der Waals surface area contributed by atoms with Crippen LogP contribution in [0.15, 0.2) is 66.7 Å². The lowest BCUT2D eigenvalue weighted by molar-refractivity contribution is -0.118. The quantitative estimate of drug-likeness (QED) is 0.503. The Morgan fingerprint density at radius 1 is 1.00 bits per heavy atom. The number of carbonyl (C=O) groups excluding carboxylic acids is 1. The fraction of sp³-hybridized carbons (Fsp3) is 0.208. The molecule has 0 aliphatic carbocycles. The average molecular weight is 473 g/mol. The van der Waals surface area contributed by atoms with Gasteiger partial charge in [-0.1, -0.05) is 35.9 Å². The Balaban J connectivity index is 1.65. The van der Waals surface area contributed by atoms with Gasteiger partial charge in [0.1, 0.15) is 5.75 Å². The molecule has 0 aromatic heterocycles. The number of carbonyl (C=O) groups is 1. The maximum Gasteiger partial charge on any atom is 0.262 e. The second-order valence-corrected chi connectivity index (χ2v) is 9.80. The van der Waals surface area contributed by atoms with Gasteiger partial charge < -0.3 is 10.1 Å². The van der Waals surface area contributed by atoms with Crippen molar-refractivity contribution in [3.8, 4) is 5.75 Å². The lowest BCUT2D eigenvalue weighted by Gasteiger charge is -2.23. The Hall–Kier alpha value is -3.03. The molecule has 0 heterocycles. The summed E-state index contributed by atoms with van der Waals surface area (Å²) in [6.45, 7) is 3.93. The summed E-state index contributed by atoms with van der Waals surface area (Å²) < 4.78 is 31.5. The smallest absolute Gasteiger partial charge is 0.262 e. The number of nitrogens with one attached hydrogen (secondary N) is 1. The molecule has 0 aliphatic rings. The highest BCUT2D eigenvalue weighted by molar-refractivity contribution is 7.92. The standard InChI is InChI=1S/C24H25ClN2O4S/c1-17-8-9-20(14-18(17)2)26-24(28)16-31-22-12-10-21(11-13-22)27(32(3,29)30)15-19-6-4-5-7-23(19)25/h4-14H,15-16H2,1-3H3,(H,26,28). The molecule has 3 aromatic carbocycles. The van der Waals surface area contributed by atoms with Crippen molar-refractivity contribution in [1.29, 1.82) is 0 Å². The van der Waals surface area contributed by atoms with Crippen LogP contribution in [0.3, 0.4) is 0 Å². The first-order valence-electron chi connectivity index (χ1n) is 9.94. The highest BCUT2D eigenvalue weighted by Crippen LogP contribution is 2.26. The molecule has 1 N–H and O–H groups in total. The first-order chi connectivity index (χ1) is 15.1. The molecule has 8 heteroatoms. The van der Waals surface area contributed by atoms with Gasteiger partial charge in [-0.2, -0.15) is 0 Å². The lowest BCUT2D eigenvalue weighted by atomic mass is 10.1. The van der Waals surface area contributed by atoms with Gasteiger partial charge in [-0.25, -0.2) is 8.42 Å². The predicted octanol–water partition coefficient (Wildman–Crippen LogP) is 4.94. The zero-order chi connectivity index (χ0) is 23.3. The number of sulfonamides is 1. The van der Waals surface area contributed by atoms with E-state index in [0.717, 1.165) is 17.4 Å². The molecule has 32 heavy (non-hydrogen) atoms. The van der Waals surface area contributed by atoms with Crippen LogP contribution in [-0.2, 0) is 21.4 Å². The van der Waals surface area contributed by atoms with Crippen LogP contribution in [0, 0.1) is 13.8 Å². The minimum absolute atomic E-state index is 0.108. The number of anilines is 2. The minimum Gasteiger partial charge on any atom is -0.484 e. The zero-order valence-electron chi connectivity index (χ0n) is 18.1. The van der Waals surface area contributed by atoms with Gasteiger partial charge in [0, 0.05) is 10.7 Å². The molecule has 0 bridgehead atoms. The predicted molar refractivity (Wildman–Crippen MR) is 129 cm³/mol. The Kier molecular flexibility index (Phi) is 7.43. The van der Waals surface area contributed by atoms with Gasteiger partial charge in [0.05, 0.1) is 18.5 Å². The van der Waals surface area contributed by atoms with E-state index in [-0.39, 0.29) is 19.1 Å². The molecular formula is C24H25ClN2O4S. The number of amides is 1. The molecule has 0 aliphatic heterocycles. The van der Waals surface area contributed by atoms with Crippen LogP contribution < -0.4 is 14.4 Å². The molecule has 0 saturated carbocycles. The summed E-state index contributed by atoms with van der Waals surface area (Å²) in [5, 5.41) is 3.29. The van der Waals surface area contributed by atoms with Gasteiger partial charge in [0.2, 0.25) is 10.0 Å². The molecule has 6 nitrogen and oxygen atoms in total. The highest BCUT2D eigenvalue weighted by atomic mass is 35.5. The molecule has 0 fully saturated rings. The van der Waals surface area contributed by atoms with E-state index >= 15 is 0 Å². The van der Waals surface area contributed by atoms with Crippen LogP contribution in [0.4, 0.5) is 11.4 Å². The van der Waals surface area contributed by atoms with Crippen LogP contribution in [0.25, 0.3) is 0 Å². The number of halogens is 1. The highest BCUT2D eigenvalue weighted by Gasteiger charge is 2.19. The van der Waals surface area contributed by atoms with E-state index in [9.17, 15) is 13.2 Å². The average Bonchev–Trinajstić information content (AvgIpc) is 2.74.